The Morgan fingerprint density at radius 1 is 1.60 bits per heavy atom. The standard InChI is InChI=1S/C11H16N2O2/c1-4-11(2,12)10(14)8-5-9(15-3)7-13-6-8/h5-7H,4,12H2,1-3H3. The molecular weight excluding hydrogens is 192 g/mol. The average molecular weight is 208 g/mol. The van der Waals surface area contributed by atoms with Crippen LogP contribution >= 0.6 is 0 Å². The molecule has 0 aliphatic heterocycles. The first-order valence-corrected chi connectivity index (χ1v) is 4.84. The van der Waals surface area contributed by atoms with Gasteiger partial charge in [0.1, 0.15) is 5.75 Å². The summed E-state index contributed by atoms with van der Waals surface area (Å²) in [5.74, 6) is 0.448. The van der Waals surface area contributed by atoms with Gasteiger partial charge in [-0.3, -0.25) is 9.78 Å². The Kier molecular flexibility index (Phi) is 3.42. The zero-order valence-corrected chi connectivity index (χ0v) is 9.28. The number of hydrogen-bond acceptors (Lipinski definition) is 4. The molecule has 1 aromatic heterocycles. The quantitative estimate of drug-likeness (QED) is 0.759. The van der Waals surface area contributed by atoms with Crippen molar-refractivity contribution in [2.24, 2.45) is 5.73 Å². The number of nitrogens with two attached hydrogens (primary N) is 1. The first-order chi connectivity index (χ1) is 7.01. The summed E-state index contributed by atoms with van der Waals surface area (Å²) < 4.78 is 5.00. The van der Waals surface area contributed by atoms with Crippen LogP contribution in [0.25, 0.3) is 0 Å². The van der Waals surface area contributed by atoms with E-state index in [1.54, 1.807) is 19.2 Å². The summed E-state index contributed by atoms with van der Waals surface area (Å²) in [7, 11) is 1.53. The highest BCUT2D eigenvalue weighted by atomic mass is 16.5. The van der Waals surface area contributed by atoms with Crippen LogP contribution in [-0.4, -0.2) is 23.4 Å². The Morgan fingerprint density at radius 3 is 2.80 bits per heavy atom. The smallest absolute Gasteiger partial charge is 0.184 e. The lowest BCUT2D eigenvalue weighted by atomic mass is 9.90. The second kappa shape index (κ2) is 4.40. The fraction of sp³-hybridized carbons (Fsp3) is 0.455. The Hall–Kier alpha value is -1.42. The van der Waals surface area contributed by atoms with Crippen LogP contribution in [0.5, 0.6) is 5.75 Å². The lowest BCUT2D eigenvalue weighted by Gasteiger charge is -2.20. The molecule has 0 aromatic carbocycles. The highest BCUT2D eigenvalue weighted by Crippen LogP contribution is 2.17. The molecule has 0 amide bonds. The van der Waals surface area contributed by atoms with Gasteiger partial charge in [-0.2, -0.15) is 0 Å². The molecule has 1 heterocycles. The van der Waals surface area contributed by atoms with E-state index in [9.17, 15) is 4.79 Å². The maximum absolute atomic E-state index is 11.9. The second-order valence-electron chi connectivity index (χ2n) is 3.71. The van der Waals surface area contributed by atoms with Gasteiger partial charge < -0.3 is 10.5 Å². The molecule has 4 nitrogen and oxygen atoms in total. The largest absolute Gasteiger partial charge is 0.495 e. The highest BCUT2D eigenvalue weighted by Gasteiger charge is 2.27. The van der Waals surface area contributed by atoms with Crippen LogP contribution in [0.15, 0.2) is 18.5 Å². The number of Topliss-reactive ketones (excluding diaryl/α,β-unsaturated/α-hetero) is 1. The molecule has 4 heteroatoms. The number of nitrogens with zero attached hydrogens (tertiary/aromatic N) is 1. The number of rotatable bonds is 4. The van der Waals surface area contributed by atoms with Gasteiger partial charge in [0.05, 0.1) is 18.8 Å². The van der Waals surface area contributed by atoms with Crippen LogP contribution in [-0.2, 0) is 0 Å². The molecule has 15 heavy (non-hydrogen) atoms. The number of pyridine rings is 1. The third-order valence-corrected chi connectivity index (χ3v) is 2.46. The van der Waals surface area contributed by atoms with Crippen molar-refractivity contribution in [1.82, 2.24) is 4.98 Å². The van der Waals surface area contributed by atoms with E-state index in [1.807, 2.05) is 6.92 Å². The summed E-state index contributed by atoms with van der Waals surface area (Å²) in [5.41, 5.74) is 5.51. The van der Waals surface area contributed by atoms with Gasteiger partial charge in [-0.15, -0.1) is 0 Å². The Morgan fingerprint density at radius 2 is 2.27 bits per heavy atom. The minimum atomic E-state index is -0.839. The molecule has 0 bridgehead atoms. The molecule has 0 saturated carbocycles. The van der Waals surface area contributed by atoms with Gasteiger partial charge in [-0.05, 0) is 19.4 Å². The number of carbonyl (C=O) groups is 1. The molecule has 0 saturated heterocycles. The minimum Gasteiger partial charge on any atom is -0.495 e. The molecule has 1 atom stereocenters. The normalized spacial score (nSPS) is 14.4. The molecular formula is C11H16N2O2. The van der Waals surface area contributed by atoms with Crippen molar-refractivity contribution < 1.29 is 9.53 Å². The topological polar surface area (TPSA) is 65.2 Å². The van der Waals surface area contributed by atoms with Crippen molar-refractivity contribution in [3.8, 4) is 5.75 Å². The molecule has 0 aliphatic carbocycles. The Bertz CT molecular complexity index is 361. The number of ketones is 1. The molecule has 2 N–H and O–H groups in total. The van der Waals surface area contributed by atoms with E-state index in [1.165, 1.54) is 13.3 Å². The van der Waals surface area contributed by atoms with E-state index in [0.717, 1.165) is 0 Å². The molecule has 1 aromatic rings. The first kappa shape index (κ1) is 11.7. The van der Waals surface area contributed by atoms with Crippen LogP contribution in [0.2, 0.25) is 0 Å². The second-order valence-corrected chi connectivity index (χ2v) is 3.71. The fourth-order valence-corrected chi connectivity index (χ4v) is 1.14. The maximum Gasteiger partial charge on any atom is 0.184 e. The lowest BCUT2D eigenvalue weighted by Crippen LogP contribution is -2.44. The van der Waals surface area contributed by atoms with E-state index in [4.69, 9.17) is 10.5 Å². The summed E-state index contributed by atoms with van der Waals surface area (Å²) in [4.78, 5) is 15.9. The fourth-order valence-electron chi connectivity index (χ4n) is 1.14. The van der Waals surface area contributed by atoms with Crippen molar-refractivity contribution in [3.05, 3.63) is 24.0 Å². The molecule has 1 unspecified atom stereocenters. The van der Waals surface area contributed by atoms with Crippen molar-refractivity contribution in [3.63, 3.8) is 0 Å². The summed E-state index contributed by atoms with van der Waals surface area (Å²) in [5, 5.41) is 0. The van der Waals surface area contributed by atoms with Gasteiger partial charge in [-0.1, -0.05) is 6.92 Å². The molecule has 0 aliphatic rings. The van der Waals surface area contributed by atoms with Gasteiger partial charge >= 0.3 is 0 Å². The van der Waals surface area contributed by atoms with Crippen LogP contribution in [0, 0.1) is 0 Å². The van der Waals surface area contributed by atoms with Crippen molar-refractivity contribution >= 4 is 5.78 Å². The lowest BCUT2D eigenvalue weighted by molar-refractivity contribution is 0.0897. The van der Waals surface area contributed by atoms with Gasteiger partial charge in [-0.25, -0.2) is 0 Å². The molecule has 0 fully saturated rings. The summed E-state index contributed by atoms with van der Waals surface area (Å²) in [6, 6.07) is 1.65. The number of carbonyl (C=O) groups excluding carboxylic acids is 1. The monoisotopic (exact) mass is 208 g/mol. The summed E-state index contributed by atoms with van der Waals surface area (Å²) in [6.45, 7) is 3.60. The predicted molar refractivity (Wildman–Crippen MR) is 58.0 cm³/mol. The van der Waals surface area contributed by atoms with Crippen molar-refractivity contribution in [2.75, 3.05) is 7.11 Å². The number of hydrogen-bond donors (Lipinski definition) is 1. The van der Waals surface area contributed by atoms with Crippen LogP contribution in [0.1, 0.15) is 30.6 Å². The minimum absolute atomic E-state index is 0.114. The third kappa shape index (κ3) is 2.53. The Balaban J connectivity index is 3.01. The number of ether oxygens (including phenoxy) is 1. The maximum atomic E-state index is 11.9. The van der Waals surface area contributed by atoms with E-state index in [0.29, 0.717) is 17.7 Å². The molecule has 82 valence electrons. The third-order valence-electron chi connectivity index (χ3n) is 2.46. The highest BCUT2D eigenvalue weighted by molar-refractivity contribution is 6.02. The molecule has 0 radical (unpaired) electrons. The number of aromatic nitrogens is 1. The van der Waals surface area contributed by atoms with Crippen LogP contribution in [0.4, 0.5) is 0 Å². The Labute approximate surface area is 89.5 Å². The van der Waals surface area contributed by atoms with E-state index < -0.39 is 5.54 Å². The van der Waals surface area contributed by atoms with Crippen molar-refractivity contribution in [1.29, 1.82) is 0 Å². The first-order valence-electron chi connectivity index (χ1n) is 4.84. The van der Waals surface area contributed by atoms with Gasteiger partial charge in [0, 0.05) is 11.8 Å². The van der Waals surface area contributed by atoms with Crippen molar-refractivity contribution in [2.45, 2.75) is 25.8 Å². The molecule has 1 rings (SSSR count). The van der Waals surface area contributed by atoms with E-state index in [2.05, 4.69) is 4.98 Å². The number of methoxy groups -OCH3 is 1. The van der Waals surface area contributed by atoms with E-state index >= 15 is 0 Å². The SMILES string of the molecule is CCC(C)(N)C(=O)c1cncc(OC)c1. The van der Waals surface area contributed by atoms with Gasteiger partial charge in [0.25, 0.3) is 0 Å². The van der Waals surface area contributed by atoms with E-state index in [-0.39, 0.29) is 5.78 Å². The van der Waals surface area contributed by atoms with Crippen LogP contribution < -0.4 is 10.5 Å². The average Bonchev–Trinajstić information content (AvgIpc) is 2.28. The van der Waals surface area contributed by atoms with Crippen LogP contribution in [0.3, 0.4) is 0 Å². The van der Waals surface area contributed by atoms with Gasteiger partial charge in [0.2, 0.25) is 0 Å². The summed E-state index contributed by atoms with van der Waals surface area (Å²) in [6.07, 6.45) is 3.64. The molecule has 0 spiro atoms. The van der Waals surface area contributed by atoms with Gasteiger partial charge in [0.15, 0.2) is 5.78 Å². The zero-order valence-electron chi connectivity index (χ0n) is 9.28. The zero-order chi connectivity index (χ0) is 11.5. The summed E-state index contributed by atoms with van der Waals surface area (Å²) >= 11 is 0. The predicted octanol–water partition coefficient (Wildman–Crippen LogP) is 1.40.